The lowest BCUT2D eigenvalue weighted by molar-refractivity contribution is 0.0602. The van der Waals surface area contributed by atoms with Crippen molar-refractivity contribution in [2.45, 2.75) is 25.2 Å². The van der Waals surface area contributed by atoms with Crippen molar-refractivity contribution < 1.29 is 17.9 Å². The maximum Gasteiger partial charge on any atom is 0.349 e. The Bertz CT molecular complexity index is 653. The van der Waals surface area contributed by atoms with Gasteiger partial charge in [-0.1, -0.05) is 6.92 Å². The van der Waals surface area contributed by atoms with Gasteiger partial charge in [0.05, 0.1) is 7.11 Å². The van der Waals surface area contributed by atoms with Crippen LogP contribution in [-0.2, 0) is 14.8 Å². The molecule has 0 aliphatic carbocycles. The normalized spacial score (nSPS) is 23.4. The Labute approximate surface area is 128 Å². The van der Waals surface area contributed by atoms with Crippen LogP contribution in [0.4, 0.5) is 0 Å². The molecule has 0 saturated carbocycles. The number of esters is 1. The number of carbonyl (C=O) groups is 1. The Morgan fingerprint density at radius 2 is 2.24 bits per heavy atom. The highest BCUT2D eigenvalue weighted by molar-refractivity contribution is 7.89. The van der Waals surface area contributed by atoms with Crippen LogP contribution in [0.15, 0.2) is 10.3 Å². The highest BCUT2D eigenvalue weighted by atomic mass is 32.2. The van der Waals surface area contributed by atoms with Crippen LogP contribution in [0, 0.1) is 12.3 Å². The van der Waals surface area contributed by atoms with Crippen LogP contribution in [0.1, 0.15) is 28.6 Å². The molecule has 0 radical (unpaired) electrons. The molecule has 1 saturated heterocycles. The standard InChI is InChI=1S/C13H20N2O4S2/c1-9-6-20-10(12(16)19-3)11(9)21(17,18)15-5-4-13(2,7-14)8-15/h6H,4-5,7-8,14H2,1-3H3. The van der Waals surface area contributed by atoms with E-state index in [4.69, 9.17) is 5.73 Å². The summed E-state index contributed by atoms with van der Waals surface area (Å²) in [5, 5.41) is 1.66. The lowest BCUT2D eigenvalue weighted by Gasteiger charge is -2.22. The van der Waals surface area contributed by atoms with Crippen LogP contribution in [0.2, 0.25) is 0 Å². The van der Waals surface area contributed by atoms with E-state index in [9.17, 15) is 13.2 Å². The van der Waals surface area contributed by atoms with Gasteiger partial charge in [-0.2, -0.15) is 4.31 Å². The molecule has 2 N–H and O–H groups in total. The van der Waals surface area contributed by atoms with E-state index < -0.39 is 16.0 Å². The Kier molecular flexibility index (Phi) is 4.44. The molecule has 0 amide bonds. The Morgan fingerprint density at radius 1 is 1.57 bits per heavy atom. The molecule has 21 heavy (non-hydrogen) atoms. The summed E-state index contributed by atoms with van der Waals surface area (Å²) in [6, 6.07) is 0. The molecule has 1 aromatic rings. The number of methoxy groups -OCH3 is 1. The maximum absolute atomic E-state index is 12.8. The minimum Gasteiger partial charge on any atom is -0.465 e. The van der Waals surface area contributed by atoms with E-state index in [0.29, 0.717) is 25.2 Å². The zero-order valence-corrected chi connectivity index (χ0v) is 14.0. The monoisotopic (exact) mass is 332 g/mol. The number of nitrogens with two attached hydrogens (primary N) is 1. The number of aryl methyl sites for hydroxylation is 1. The number of carbonyl (C=O) groups excluding carboxylic acids is 1. The second kappa shape index (κ2) is 5.68. The second-order valence-electron chi connectivity index (χ2n) is 5.67. The molecule has 0 bridgehead atoms. The number of sulfonamides is 1. The van der Waals surface area contributed by atoms with Crippen LogP contribution < -0.4 is 5.73 Å². The van der Waals surface area contributed by atoms with Gasteiger partial charge in [0.2, 0.25) is 10.0 Å². The van der Waals surface area contributed by atoms with Crippen LogP contribution in [0.5, 0.6) is 0 Å². The van der Waals surface area contributed by atoms with Crippen LogP contribution in [0.25, 0.3) is 0 Å². The van der Waals surface area contributed by atoms with E-state index in [-0.39, 0.29) is 15.2 Å². The molecule has 2 heterocycles. The van der Waals surface area contributed by atoms with Gasteiger partial charge < -0.3 is 10.5 Å². The fourth-order valence-electron chi connectivity index (χ4n) is 2.47. The molecule has 1 atom stereocenters. The lowest BCUT2D eigenvalue weighted by atomic mass is 9.90. The minimum atomic E-state index is -3.71. The molecule has 118 valence electrons. The number of ether oxygens (including phenoxy) is 1. The smallest absolute Gasteiger partial charge is 0.349 e. The van der Waals surface area contributed by atoms with Gasteiger partial charge in [0, 0.05) is 13.1 Å². The summed E-state index contributed by atoms with van der Waals surface area (Å²) in [5.74, 6) is -0.618. The van der Waals surface area contributed by atoms with Crippen molar-refractivity contribution in [1.82, 2.24) is 4.31 Å². The summed E-state index contributed by atoms with van der Waals surface area (Å²) >= 11 is 1.10. The number of rotatable bonds is 4. The van der Waals surface area contributed by atoms with Gasteiger partial charge in [-0.05, 0) is 36.2 Å². The van der Waals surface area contributed by atoms with Crippen molar-refractivity contribution in [3.8, 4) is 0 Å². The highest BCUT2D eigenvalue weighted by Crippen LogP contribution is 2.36. The van der Waals surface area contributed by atoms with Gasteiger partial charge in [-0.3, -0.25) is 0 Å². The summed E-state index contributed by atoms with van der Waals surface area (Å²) in [4.78, 5) is 12.0. The molecular formula is C13H20N2O4S2. The molecule has 1 aromatic heterocycles. The molecule has 1 aliphatic rings. The van der Waals surface area contributed by atoms with Crippen LogP contribution in [0.3, 0.4) is 0 Å². The van der Waals surface area contributed by atoms with Gasteiger partial charge in [-0.15, -0.1) is 11.3 Å². The summed E-state index contributed by atoms with van der Waals surface area (Å²) in [5.41, 5.74) is 6.09. The first-order chi connectivity index (χ1) is 9.75. The molecular weight excluding hydrogens is 312 g/mol. The SMILES string of the molecule is COC(=O)c1scc(C)c1S(=O)(=O)N1CCC(C)(CN)C1. The predicted molar refractivity (Wildman–Crippen MR) is 80.9 cm³/mol. The first-order valence-corrected chi connectivity index (χ1v) is 8.94. The molecule has 8 heteroatoms. The topological polar surface area (TPSA) is 89.7 Å². The van der Waals surface area contributed by atoms with Crippen molar-refractivity contribution in [2.75, 3.05) is 26.7 Å². The van der Waals surface area contributed by atoms with E-state index in [1.807, 2.05) is 6.92 Å². The van der Waals surface area contributed by atoms with Crippen molar-refractivity contribution in [3.63, 3.8) is 0 Å². The van der Waals surface area contributed by atoms with Gasteiger partial charge in [0.15, 0.2) is 0 Å². The average Bonchev–Trinajstić information content (AvgIpc) is 3.03. The first kappa shape index (κ1) is 16.4. The molecule has 1 fully saturated rings. The van der Waals surface area contributed by atoms with Gasteiger partial charge in [0.25, 0.3) is 0 Å². The number of nitrogens with zero attached hydrogens (tertiary/aromatic N) is 1. The van der Waals surface area contributed by atoms with E-state index in [1.165, 1.54) is 11.4 Å². The third kappa shape index (κ3) is 2.85. The van der Waals surface area contributed by atoms with Crippen LogP contribution >= 0.6 is 11.3 Å². The maximum atomic E-state index is 12.8. The van der Waals surface area contributed by atoms with Crippen molar-refractivity contribution in [3.05, 3.63) is 15.8 Å². The Balaban J connectivity index is 2.42. The summed E-state index contributed by atoms with van der Waals surface area (Å²) in [6.07, 6.45) is 0.722. The number of hydrogen-bond donors (Lipinski definition) is 1. The molecule has 1 aliphatic heterocycles. The Morgan fingerprint density at radius 3 is 2.76 bits per heavy atom. The van der Waals surface area contributed by atoms with E-state index in [1.54, 1.807) is 12.3 Å². The van der Waals surface area contributed by atoms with Crippen molar-refractivity contribution in [2.24, 2.45) is 11.1 Å². The first-order valence-electron chi connectivity index (χ1n) is 6.62. The minimum absolute atomic E-state index is 0.0700. The second-order valence-corrected chi connectivity index (χ2v) is 8.43. The van der Waals surface area contributed by atoms with Gasteiger partial charge in [0.1, 0.15) is 9.77 Å². The van der Waals surface area contributed by atoms with Crippen LogP contribution in [-0.4, -0.2) is 45.4 Å². The van der Waals surface area contributed by atoms with E-state index in [2.05, 4.69) is 4.74 Å². The molecule has 0 spiro atoms. The zero-order chi connectivity index (χ0) is 15.8. The van der Waals surface area contributed by atoms with Crippen molar-refractivity contribution in [1.29, 1.82) is 0 Å². The quantitative estimate of drug-likeness (QED) is 0.837. The fraction of sp³-hybridized carbons (Fsp3) is 0.615. The molecule has 0 aromatic carbocycles. The molecule has 6 nitrogen and oxygen atoms in total. The van der Waals surface area contributed by atoms with E-state index in [0.717, 1.165) is 17.8 Å². The summed E-state index contributed by atoms with van der Waals surface area (Å²) < 4.78 is 31.8. The fourth-order valence-corrected chi connectivity index (χ4v) is 5.72. The van der Waals surface area contributed by atoms with E-state index >= 15 is 0 Å². The van der Waals surface area contributed by atoms with Gasteiger partial charge >= 0.3 is 5.97 Å². The third-order valence-corrected chi connectivity index (χ3v) is 7.14. The highest BCUT2D eigenvalue weighted by Gasteiger charge is 2.41. The lowest BCUT2D eigenvalue weighted by Crippen LogP contribution is -2.35. The van der Waals surface area contributed by atoms with Crippen molar-refractivity contribution >= 4 is 27.3 Å². The zero-order valence-electron chi connectivity index (χ0n) is 12.4. The molecule has 2 rings (SSSR count). The largest absolute Gasteiger partial charge is 0.465 e. The van der Waals surface area contributed by atoms with Gasteiger partial charge in [-0.25, -0.2) is 13.2 Å². The average molecular weight is 332 g/mol. The Hall–Kier alpha value is -0.960. The predicted octanol–water partition coefficient (Wildman–Crippen LogP) is 1.20. The summed E-state index contributed by atoms with van der Waals surface area (Å²) in [6.45, 7) is 4.90. The number of thiophene rings is 1. The number of hydrogen-bond acceptors (Lipinski definition) is 6. The molecule has 1 unspecified atom stereocenters. The summed E-state index contributed by atoms with van der Waals surface area (Å²) in [7, 11) is -2.46. The third-order valence-electron chi connectivity index (χ3n) is 3.90.